The van der Waals surface area contributed by atoms with Gasteiger partial charge < -0.3 is 14.9 Å². The van der Waals surface area contributed by atoms with Crippen LogP contribution in [0.2, 0.25) is 0 Å². The van der Waals surface area contributed by atoms with Crippen molar-refractivity contribution in [3.05, 3.63) is 19.9 Å². The highest BCUT2D eigenvalue weighted by Crippen LogP contribution is 2.33. The van der Waals surface area contributed by atoms with Crippen LogP contribution in [0.15, 0.2) is 0 Å². The molecule has 3 rings (SSSR count). The first-order valence-electron chi connectivity index (χ1n) is 5.10. The van der Waals surface area contributed by atoms with E-state index in [4.69, 9.17) is 24.4 Å². The van der Waals surface area contributed by atoms with Crippen LogP contribution in [0, 0.1) is 9.41 Å². The zero-order valence-electron chi connectivity index (χ0n) is 8.79. The first kappa shape index (κ1) is 10.6. The summed E-state index contributed by atoms with van der Waals surface area (Å²) >= 11 is 12.3. The summed E-state index contributed by atoms with van der Waals surface area (Å²) in [6, 6.07) is 0. The molecular formula is C10H11N3S3. The summed E-state index contributed by atoms with van der Waals surface area (Å²) in [7, 11) is 2.15. The lowest BCUT2D eigenvalue weighted by Gasteiger charge is -2.21. The molecule has 0 aromatic carbocycles. The molecule has 6 heteroatoms. The summed E-state index contributed by atoms with van der Waals surface area (Å²) < 4.78 is 1.39. The average molecular weight is 269 g/mol. The topological polar surface area (TPSA) is 34.8 Å². The summed E-state index contributed by atoms with van der Waals surface area (Å²) in [5.41, 5.74) is 1.41. The van der Waals surface area contributed by atoms with E-state index in [0.717, 1.165) is 29.0 Å². The minimum atomic E-state index is 0.615. The molecule has 3 heterocycles. The summed E-state index contributed by atoms with van der Waals surface area (Å²) in [5.74, 6) is 0. The van der Waals surface area contributed by atoms with Gasteiger partial charge in [-0.2, -0.15) is 0 Å². The highest BCUT2D eigenvalue weighted by molar-refractivity contribution is 7.72. The predicted octanol–water partition coefficient (Wildman–Crippen LogP) is 3.00. The number of aromatic amines is 2. The van der Waals surface area contributed by atoms with Crippen LogP contribution in [0.1, 0.15) is 10.4 Å². The Morgan fingerprint density at radius 3 is 2.94 bits per heavy atom. The fourth-order valence-corrected chi connectivity index (χ4v) is 4.22. The van der Waals surface area contributed by atoms with Crippen LogP contribution in [0.5, 0.6) is 0 Å². The molecule has 0 saturated carbocycles. The maximum atomic E-state index is 5.36. The van der Waals surface area contributed by atoms with E-state index in [2.05, 4.69) is 21.9 Å². The van der Waals surface area contributed by atoms with Gasteiger partial charge in [-0.05, 0) is 31.2 Å². The van der Waals surface area contributed by atoms with Gasteiger partial charge in [0, 0.05) is 23.4 Å². The fraction of sp³-hybridized carbons (Fsp3) is 0.400. The number of H-pyrrole nitrogens is 2. The van der Waals surface area contributed by atoms with Crippen LogP contribution in [-0.4, -0.2) is 28.5 Å². The van der Waals surface area contributed by atoms with Crippen molar-refractivity contribution in [3.8, 4) is 0 Å². The zero-order valence-corrected chi connectivity index (χ0v) is 11.2. The van der Waals surface area contributed by atoms with Gasteiger partial charge in [-0.15, -0.1) is 11.3 Å². The van der Waals surface area contributed by atoms with Gasteiger partial charge in [0.2, 0.25) is 0 Å². The Hall–Kier alpha value is -0.560. The molecule has 1 aliphatic rings. The molecule has 16 heavy (non-hydrogen) atoms. The highest BCUT2D eigenvalue weighted by Gasteiger charge is 2.19. The number of likely N-dealkylation sites (N-methyl/N-ethyl adjacent to an activating group) is 1. The van der Waals surface area contributed by atoms with Crippen LogP contribution in [-0.2, 0) is 13.0 Å². The largest absolute Gasteiger partial charge is 0.324 e. The number of fused-ring (bicyclic) bond motifs is 3. The smallest absolute Gasteiger partial charge is 0.176 e. The molecule has 0 amide bonds. The summed E-state index contributed by atoms with van der Waals surface area (Å²) in [6.07, 6.45) is 1.08. The number of hydrogen-bond acceptors (Lipinski definition) is 4. The van der Waals surface area contributed by atoms with Crippen LogP contribution < -0.4 is 0 Å². The molecule has 0 bridgehead atoms. The van der Waals surface area contributed by atoms with Gasteiger partial charge >= 0.3 is 0 Å². The van der Waals surface area contributed by atoms with Gasteiger partial charge in [0.15, 0.2) is 4.77 Å². The fourth-order valence-electron chi connectivity index (χ4n) is 2.16. The number of thiophene rings is 1. The lowest BCUT2D eigenvalue weighted by atomic mass is 10.1. The molecule has 3 nitrogen and oxygen atoms in total. The van der Waals surface area contributed by atoms with E-state index in [9.17, 15) is 0 Å². The Morgan fingerprint density at radius 1 is 1.31 bits per heavy atom. The number of nitrogens with zero attached hydrogens (tertiary/aromatic N) is 1. The van der Waals surface area contributed by atoms with Crippen molar-refractivity contribution >= 4 is 46.0 Å². The standard InChI is InChI=1S/C10H11N3S3/c1-13-3-2-5-6(4-13)16-9-7(5)8(14)11-10(15)12-9/h2-4H2,1H3,(H2,11,12,14,15). The molecule has 0 spiro atoms. The maximum absolute atomic E-state index is 5.36. The van der Waals surface area contributed by atoms with Crippen molar-refractivity contribution in [1.82, 2.24) is 14.9 Å². The quantitative estimate of drug-likeness (QED) is 0.722. The lowest BCUT2D eigenvalue weighted by molar-refractivity contribution is 0.318. The Kier molecular flexibility index (Phi) is 2.47. The third kappa shape index (κ3) is 1.57. The molecule has 1 aliphatic heterocycles. The molecule has 2 aromatic heterocycles. The van der Waals surface area contributed by atoms with Gasteiger partial charge in [-0.25, -0.2) is 0 Å². The van der Waals surface area contributed by atoms with Crippen LogP contribution in [0.25, 0.3) is 10.2 Å². The Balaban J connectivity index is 2.38. The van der Waals surface area contributed by atoms with Crippen molar-refractivity contribution in [1.29, 1.82) is 0 Å². The summed E-state index contributed by atoms with van der Waals surface area (Å²) in [5, 5.41) is 1.18. The molecule has 2 N–H and O–H groups in total. The zero-order chi connectivity index (χ0) is 11.3. The molecule has 0 aliphatic carbocycles. The number of nitrogens with one attached hydrogen (secondary N) is 2. The first-order valence-corrected chi connectivity index (χ1v) is 6.74. The molecular weight excluding hydrogens is 258 g/mol. The van der Waals surface area contributed by atoms with E-state index in [-0.39, 0.29) is 0 Å². The number of hydrogen-bond donors (Lipinski definition) is 2. The van der Waals surface area contributed by atoms with E-state index in [0.29, 0.717) is 4.77 Å². The molecule has 84 valence electrons. The lowest BCUT2D eigenvalue weighted by Crippen LogP contribution is -2.25. The Labute approximate surface area is 107 Å². The second-order valence-electron chi connectivity index (χ2n) is 4.10. The first-order chi connectivity index (χ1) is 7.65. The second-order valence-corrected chi connectivity index (χ2v) is 6.03. The van der Waals surface area contributed by atoms with Gasteiger partial charge in [-0.3, -0.25) is 0 Å². The van der Waals surface area contributed by atoms with E-state index in [1.807, 2.05) is 0 Å². The van der Waals surface area contributed by atoms with Crippen LogP contribution >= 0.6 is 35.8 Å². The predicted molar refractivity (Wildman–Crippen MR) is 72.2 cm³/mol. The number of rotatable bonds is 0. The Bertz CT molecular complexity index is 664. The van der Waals surface area contributed by atoms with Crippen LogP contribution in [0.4, 0.5) is 0 Å². The summed E-state index contributed by atoms with van der Waals surface area (Å²) in [6.45, 7) is 2.12. The molecule has 0 saturated heterocycles. The normalized spacial score (nSPS) is 16.6. The molecule has 0 atom stereocenters. The average Bonchev–Trinajstić information content (AvgIpc) is 2.54. The third-order valence-corrected chi connectivity index (χ3v) is 4.57. The van der Waals surface area contributed by atoms with Crippen molar-refractivity contribution in [2.45, 2.75) is 13.0 Å². The maximum Gasteiger partial charge on any atom is 0.176 e. The summed E-state index contributed by atoms with van der Waals surface area (Å²) in [4.78, 5) is 11.1. The highest BCUT2D eigenvalue weighted by atomic mass is 32.1. The second kappa shape index (κ2) is 3.73. The number of aromatic nitrogens is 2. The van der Waals surface area contributed by atoms with Crippen molar-refractivity contribution in [3.63, 3.8) is 0 Å². The van der Waals surface area contributed by atoms with Gasteiger partial charge in [0.05, 0.1) is 0 Å². The SMILES string of the molecule is CN1CCc2c(sc3[nH]c(=S)[nH]c(=S)c23)C1. The molecule has 0 fully saturated rings. The van der Waals surface area contributed by atoms with Crippen molar-refractivity contribution in [2.24, 2.45) is 0 Å². The van der Waals surface area contributed by atoms with Crippen molar-refractivity contribution in [2.75, 3.05) is 13.6 Å². The van der Waals surface area contributed by atoms with E-state index < -0.39 is 0 Å². The van der Waals surface area contributed by atoms with Crippen LogP contribution in [0.3, 0.4) is 0 Å². The molecule has 0 radical (unpaired) electrons. The van der Waals surface area contributed by atoms with Crippen molar-refractivity contribution < 1.29 is 0 Å². The molecule has 0 unspecified atom stereocenters. The minimum absolute atomic E-state index is 0.615. The van der Waals surface area contributed by atoms with Gasteiger partial charge in [0.25, 0.3) is 0 Å². The Morgan fingerprint density at radius 2 is 2.12 bits per heavy atom. The van der Waals surface area contributed by atoms with Gasteiger partial charge in [0.1, 0.15) is 9.47 Å². The van der Waals surface area contributed by atoms with E-state index >= 15 is 0 Å². The monoisotopic (exact) mass is 269 g/mol. The van der Waals surface area contributed by atoms with E-state index in [1.165, 1.54) is 15.8 Å². The van der Waals surface area contributed by atoms with Gasteiger partial charge in [-0.1, -0.05) is 12.2 Å². The van der Waals surface area contributed by atoms with E-state index in [1.54, 1.807) is 11.3 Å². The third-order valence-electron chi connectivity index (χ3n) is 2.93. The minimum Gasteiger partial charge on any atom is -0.324 e. The molecule has 2 aromatic rings.